The van der Waals surface area contributed by atoms with Crippen molar-refractivity contribution in [2.75, 3.05) is 26.2 Å². The van der Waals surface area contributed by atoms with Gasteiger partial charge in [-0.15, -0.1) is 0 Å². The van der Waals surface area contributed by atoms with Crippen molar-refractivity contribution in [3.8, 4) is 0 Å². The molecule has 0 aromatic carbocycles. The van der Waals surface area contributed by atoms with Crippen LogP contribution < -0.4 is 0 Å². The van der Waals surface area contributed by atoms with Gasteiger partial charge in [0.25, 0.3) is 5.91 Å². The van der Waals surface area contributed by atoms with Crippen molar-refractivity contribution in [2.24, 2.45) is 0 Å². The number of aryl methyl sites for hydroxylation is 1. The topological polar surface area (TPSA) is 82.2 Å². The highest BCUT2D eigenvalue weighted by Gasteiger charge is 2.28. The molecule has 0 spiro atoms. The van der Waals surface area contributed by atoms with Crippen LogP contribution in [0.4, 0.5) is 0 Å². The monoisotopic (exact) mass is 353 g/mol. The third-order valence-corrected chi connectivity index (χ3v) is 5.22. The maximum Gasteiger partial charge on any atom is 0.274 e. The maximum absolute atomic E-state index is 12.9. The van der Waals surface area contributed by atoms with Crippen LogP contribution in [-0.2, 0) is 24.1 Å². The lowest BCUT2D eigenvalue weighted by Crippen LogP contribution is -2.38. The van der Waals surface area contributed by atoms with E-state index < -0.39 is 0 Å². The van der Waals surface area contributed by atoms with Crippen LogP contribution in [0.25, 0.3) is 0 Å². The molecule has 0 bridgehead atoms. The molecule has 0 saturated carbocycles. The fourth-order valence-electron chi connectivity index (χ4n) is 3.81. The molecule has 1 aliphatic heterocycles. The van der Waals surface area contributed by atoms with Crippen LogP contribution in [0.15, 0.2) is 24.5 Å². The van der Waals surface area contributed by atoms with Gasteiger partial charge in [0.15, 0.2) is 5.69 Å². The highest BCUT2D eigenvalue weighted by molar-refractivity contribution is 5.94. The van der Waals surface area contributed by atoms with Crippen molar-refractivity contribution < 1.29 is 9.59 Å². The molecule has 0 unspecified atom stereocenters. The zero-order valence-electron chi connectivity index (χ0n) is 14.8. The van der Waals surface area contributed by atoms with Crippen molar-refractivity contribution >= 4 is 11.8 Å². The third kappa shape index (κ3) is 3.34. The molecule has 2 aromatic heterocycles. The van der Waals surface area contributed by atoms with Crippen LogP contribution in [0.5, 0.6) is 0 Å². The highest BCUT2D eigenvalue weighted by Crippen LogP contribution is 2.24. The van der Waals surface area contributed by atoms with E-state index >= 15 is 0 Å². The Morgan fingerprint density at radius 2 is 1.92 bits per heavy atom. The first-order valence-corrected chi connectivity index (χ1v) is 9.24. The van der Waals surface area contributed by atoms with Crippen LogP contribution in [0.3, 0.4) is 0 Å². The number of fused-ring (bicyclic) bond motifs is 1. The zero-order chi connectivity index (χ0) is 17.9. The standard InChI is InChI=1S/C19H23N5O2/c25-17(12-14-4-2-7-20-13-14)23-8-3-9-24(11-10-23)19(26)18-15-5-1-6-16(15)21-22-18/h2,4,7,13H,1,3,5-6,8-12H2,(H,21,22). The van der Waals surface area contributed by atoms with Gasteiger partial charge in [-0.1, -0.05) is 6.07 Å². The van der Waals surface area contributed by atoms with E-state index in [0.29, 0.717) is 38.3 Å². The quantitative estimate of drug-likeness (QED) is 0.899. The largest absolute Gasteiger partial charge is 0.341 e. The van der Waals surface area contributed by atoms with Crippen LogP contribution in [0.1, 0.15) is 40.2 Å². The Hall–Kier alpha value is -2.70. The Morgan fingerprint density at radius 1 is 1.08 bits per heavy atom. The zero-order valence-corrected chi connectivity index (χ0v) is 14.8. The van der Waals surface area contributed by atoms with E-state index in [-0.39, 0.29) is 11.8 Å². The summed E-state index contributed by atoms with van der Waals surface area (Å²) in [5.74, 6) is 0.0823. The summed E-state index contributed by atoms with van der Waals surface area (Å²) < 4.78 is 0. The second-order valence-corrected chi connectivity index (χ2v) is 6.95. The van der Waals surface area contributed by atoms with E-state index in [9.17, 15) is 9.59 Å². The van der Waals surface area contributed by atoms with Crippen LogP contribution in [0, 0.1) is 0 Å². The first-order valence-electron chi connectivity index (χ1n) is 9.24. The number of hydrogen-bond acceptors (Lipinski definition) is 4. The summed E-state index contributed by atoms with van der Waals surface area (Å²) in [6, 6.07) is 3.75. The first-order chi connectivity index (χ1) is 12.7. The van der Waals surface area contributed by atoms with Gasteiger partial charge < -0.3 is 9.80 Å². The summed E-state index contributed by atoms with van der Waals surface area (Å²) in [6.07, 6.45) is 7.56. The highest BCUT2D eigenvalue weighted by atomic mass is 16.2. The van der Waals surface area contributed by atoms with Crippen molar-refractivity contribution in [3.05, 3.63) is 47.0 Å². The summed E-state index contributed by atoms with van der Waals surface area (Å²) >= 11 is 0. The number of hydrogen-bond donors (Lipinski definition) is 1. The Labute approximate surface area is 152 Å². The molecule has 2 aliphatic rings. The van der Waals surface area contributed by atoms with E-state index in [1.54, 1.807) is 12.4 Å². The Balaban J connectivity index is 1.38. The van der Waals surface area contributed by atoms with Crippen LogP contribution in [0.2, 0.25) is 0 Å². The van der Waals surface area contributed by atoms with Gasteiger partial charge in [-0.2, -0.15) is 5.10 Å². The molecule has 3 heterocycles. The molecule has 0 atom stereocenters. The van der Waals surface area contributed by atoms with E-state index in [2.05, 4.69) is 15.2 Å². The van der Waals surface area contributed by atoms with Gasteiger partial charge in [0, 0.05) is 49.8 Å². The number of carbonyl (C=O) groups excluding carboxylic acids is 2. The summed E-state index contributed by atoms with van der Waals surface area (Å²) in [6.45, 7) is 2.47. The SMILES string of the molecule is O=C(Cc1cccnc1)N1CCCN(C(=O)c2n[nH]c3c2CCC3)CC1. The molecule has 1 aliphatic carbocycles. The fraction of sp³-hybridized carbons (Fsp3) is 0.474. The predicted octanol–water partition coefficient (Wildman–Crippen LogP) is 1.21. The number of amides is 2. The lowest BCUT2D eigenvalue weighted by atomic mass is 10.2. The number of nitrogens with one attached hydrogen (secondary N) is 1. The molecule has 1 saturated heterocycles. The average Bonchev–Trinajstić information content (AvgIpc) is 3.18. The number of H-pyrrole nitrogens is 1. The minimum Gasteiger partial charge on any atom is -0.341 e. The lowest BCUT2D eigenvalue weighted by Gasteiger charge is -2.22. The third-order valence-electron chi connectivity index (χ3n) is 5.22. The second kappa shape index (κ2) is 7.27. The minimum atomic E-state index is -0.00837. The number of carbonyl (C=O) groups is 2. The minimum absolute atomic E-state index is 0.00837. The fourth-order valence-corrected chi connectivity index (χ4v) is 3.81. The van der Waals surface area contributed by atoms with E-state index in [4.69, 9.17) is 0 Å². The van der Waals surface area contributed by atoms with Crippen molar-refractivity contribution in [1.82, 2.24) is 25.0 Å². The van der Waals surface area contributed by atoms with Gasteiger partial charge in [0.1, 0.15) is 0 Å². The summed E-state index contributed by atoms with van der Waals surface area (Å²) in [7, 11) is 0. The van der Waals surface area contributed by atoms with Gasteiger partial charge in [-0.25, -0.2) is 0 Å². The van der Waals surface area contributed by atoms with E-state index in [1.807, 2.05) is 21.9 Å². The molecule has 26 heavy (non-hydrogen) atoms. The molecular formula is C19H23N5O2. The normalized spacial score (nSPS) is 17.1. The molecule has 136 valence electrons. The Kier molecular flexibility index (Phi) is 4.69. The molecule has 7 heteroatoms. The lowest BCUT2D eigenvalue weighted by molar-refractivity contribution is -0.130. The average molecular weight is 353 g/mol. The van der Waals surface area contributed by atoms with Crippen LogP contribution >= 0.6 is 0 Å². The van der Waals surface area contributed by atoms with Crippen molar-refractivity contribution in [2.45, 2.75) is 32.1 Å². The smallest absolute Gasteiger partial charge is 0.274 e. The van der Waals surface area contributed by atoms with E-state index in [0.717, 1.165) is 42.5 Å². The Bertz CT molecular complexity index is 802. The molecular weight excluding hydrogens is 330 g/mol. The number of rotatable bonds is 3. The molecule has 1 fully saturated rings. The number of nitrogens with zero attached hydrogens (tertiary/aromatic N) is 4. The predicted molar refractivity (Wildman–Crippen MR) is 95.7 cm³/mol. The number of pyridine rings is 1. The van der Waals surface area contributed by atoms with Crippen LogP contribution in [-0.4, -0.2) is 63.0 Å². The second-order valence-electron chi connectivity index (χ2n) is 6.95. The summed E-state index contributed by atoms with van der Waals surface area (Å²) in [4.78, 5) is 33.2. The number of aromatic nitrogens is 3. The van der Waals surface area contributed by atoms with E-state index in [1.165, 1.54) is 0 Å². The molecule has 2 amide bonds. The Morgan fingerprint density at radius 3 is 2.77 bits per heavy atom. The summed E-state index contributed by atoms with van der Waals surface area (Å²) in [5.41, 5.74) is 3.69. The van der Waals surface area contributed by atoms with Gasteiger partial charge in [-0.3, -0.25) is 19.7 Å². The van der Waals surface area contributed by atoms with Gasteiger partial charge in [0.05, 0.1) is 6.42 Å². The van der Waals surface area contributed by atoms with Crippen molar-refractivity contribution in [3.63, 3.8) is 0 Å². The molecule has 1 N–H and O–H groups in total. The van der Waals surface area contributed by atoms with Crippen molar-refractivity contribution in [1.29, 1.82) is 0 Å². The summed E-state index contributed by atoms with van der Waals surface area (Å²) in [5, 5.41) is 7.26. The van der Waals surface area contributed by atoms with Gasteiger partial charge >= 0.3 is 0 Å². The molecule has 2 aromatic rings. The van der Waals surface area contributed by atoms with Gasteiger partial charge in [0.2, 0.25) is 5.91 Å². The molecule has 0 radical (unpaired) electrons. The van der Waals surface area contributed by atoms with Gasteiger partial charge in [-0.05, 0) is 37.3 Å². The first kappa shape index (κ1) is 16.8. The number of aromatic amines is 1. The molecule has 4 rings (SSSR count). The molecule has 7 nitrogen and oxygen atoms in total. The maximum atomic E-state index is 12.9.